The standard InChI is InChI=1S/C17H26O3/c1-6-8-13-15-12(5)16(18)10(3)11(4)17(15)20-14(19-13)9-7-2/h13-14,18H,6-9H2,1-5H3/t13-,14-/m1/s1. The van der Waals surface area contributed by atoms with Crippen LogP contribution in [0.25, 0.3) is 0 Å². The van der Waals surface area contributed by atoms with Gasteiger partial charge in [-0.1, -0.05) is 26.7 Å². The first-order valence-electron chi connectivity index (χ1n) is 7.65. The van der Waals surface area contributed by atoms with Gasteiger partial charge in [0.2, 0.25) is 6.29 Å². The molecular formula is C17H26O3. The van der Waals surface area contributed by atoms with E-state index < -0.39 is 0 Å². The highest BCUT2D eigenvalue weighted by Gasteiger charge is 2.32. The molecule has 2 atom stereocenters. The van der Waals surface area contributed by atoms with Gasteiger partial charge < -0.3 is 14.6 Å². The zero-order valence-electron chi connectivity index (χ0n) is 13.2. The van der Waals surface area contributed by atoms with Crippen LogP contribution in [-0.4, -0.2) is 11.4 Å². The van der Waals surface area contributed by atoms with Gasteiger partial charge in [0.1, 0.15) is 11.5 Å². The highest BCUT2D eigenvalue weighted by Crippen LogP contribution is 2.46. The average Bonchev–Trinajstić information content (AvgIpc) is 2.43. The van der Waals surface area contributed by atoms with Crippen LogP contribution in [0.4, 0.5) is 0 Å². The number of fused-ring (bicyclic) bond motifs is 1. The lowest BCUT2D eigenvalue weighted by molar-refractivity contribution is -0.146. The monoisotopic (exact) mass is 278 g/mol. The molecule has 1 aliphatic rings. The molecular weight excluding hydrogens is 252 g/mol. The topological polar surface area (TPSA) is 38.7 Å². The summed E-state index contributed by atoms with van der Waals surface area (Å²) in [5.41, 5.74) is 3.89. The fourth-order valence-electron chi connectivity index (χ4n) is 2.92. The van der Waals surface area contributed by atoms with E-state index in [1.807, 2.05) is 20.8 Å². The van der Waals surface area contributed by atoms with Crippen LogP contribution >= 0.6 is 0 Å². The molecule has 1 aliphatic heterocycles. The molecule has 1 aromatic rings. The summed E-state index contributed by atoms with van der Waals surface area (Å²) in [7, 11) is 0. The third kappa shape index (κ3) is 2.51. The van der Waals surface area contributed by atoms with Crippen molar-refractivity contribution in [2.24, 2.45) is 0 Å². The van der Waals surface area contributed by atoms with Gasteiger partial charge in [0.15, 0.2) is 0 Å². The lowest BCUT2D eigenvalue weighted by Crippen LogP contribution is -2.30. The Bertz CT molecular complexity index is 494. The molecule has 112 valence electrons. The summed E-state index contributed by atoms with van der Waals surface area (Å²) in [6.07, 6.45) is 3.82. The zero-order valence-corrected chi connectivity index (χ0v) is 13.2. The molecule has 0 saturated heterocycles. The summed E-state index contributed by atoms with van der Waals surface area (Å²) in [5, 5.41) is 10.3. The molecule has 0 radical (unpaired) electrons. The predicted octanol–water partition coefficient (Wildman–Crippen LogP) is 4.69. The number of aromatic hydroxyl groups is 1. The molecule has 1 aromatic carbocycles. The van der Waals surface area contributed by atoms with Crippen LogP contribution in [0.15, 0.2) is 0 Å². The van der Waals surface area contributed by atoms with Gasteiger partial charge in [-0.15, -0.1) is 0 Å². The van der Waals surface area contributed by atoms with Crippen molar-refractivity contribution in [2.75, 3.05) is 0 Å². The van der Waals surface area contributed by atoms with Gasteiger partial charge in [0.05, 0.1) is 6.10 Å². The van der Waals surface area contributed by atoms with E-state index in [-0.39, 0.29) is 12.4 Å². The van der Waals surface area contributed by atoms with Crippen molar-refractivity contribution in [2.45, 2.75) is 72.7 Å². The van der Waals surface area contributed by atoms with Gasteiger partial charge in [-0.05, 0) is 38.3 Å². The number of phenolic OH excluding ortho intramolecular Hbond substituents is 1. The van der Waals surface area contributed by atoms with E-state index in [9.17, 15) is 5.11 Å². The second-order valence-corrected chi connectivity index (χ2v) is 5.72. The first-order valence-corrected chi connectivity index (χ1v) is 7.65. The van der Waals surface area contributed by atoms with E-state index in [1.165, 1.54) is 0 Å². The van der Waals surface area contributed by atoms with Gasteiger partial charge in [-0.3, -0.25) is 0 Å². The van der Waals surface area contributed by atoms with Crippen molar-refractivity contribution in [3.05, 3.63) is 22.3 Å². The van der Waals surface area contributed by atoms with Crippen LogP contribution < -0.4 is 4.74 Å². The maximum absolute atomic E-state index is 10.3. The molecule has 0 amide bonds. The SMILES string of the molecule is CCC[C@H]1Oc2c(C)c(C)c(O)c(C)c2[C@@H](CCC)O1. The second kappa shape index (κ2) is 6.04. The molecule has 1 N–H and O–H groups in total. The Morgan fingerprint density at radius 2 is 1.60 bits per heavy atom. The Balaban J connectivity index is 2.53. The maximum Gasteiger partial charge on any atom is 0.200 e. The fraction of sp³-hybridized carbons (Fsp3) is 0.647. The lowest BCUT2D eigenvalue weighted by Gasteiger charge is -2.35. The van der Waals surface area contributed by atoms with Crippen molar-refractivity contribution < 1.29 is 14.6 Å². The number of hydrogen-bond donors (Lipinski definition) is 1. The molecule has 2 rings (SSSR count). The maximum atomic E-state index is 10.3. The Hall–Kier alpha value is -1.22. The lowest BCUT2D eigenvalue weighted by atomic mass is 9.91. The number of benzene rings is 1. The molecule has 0 bridgehead atoms. The number of rotatable bonds is 4. The van der Waals surface area contributed by atoms with Crippen LogP contribution in [0.3, 0.4) is 0 Å². The highest BCUT2D eigenvalue weighted by molar-refractivity contribution is 5.58. The first-order chi connectivity index (χ1) is 9.51. The minimum Gasteiger partial charge on any atom is -0.507 e. The second-order valence-electron chi connectivity index (χ2n) is 5.72. The number of ether oxygens (including phenoxy) is 2. The van der Waals surface area contributed by atoms with Crippen LogP contribution in [-0.2, 0) is 4.74 Å². The third-order valence-electron chi connectivity index (χ3n) is 4.22. The molecule has 0 spiro atoms. The van der Waals surface area contributed by atoms with E-state index in [0.717, 1.165) is 53.7 Å². The Morgan fingerprint density at radius 1 is 0.950 bits per heavy atom. The highest BCUT2D eigenvalue weighted by atomic mass is 16.7. The van der Waals surface area contributed by atoms with E-state index in [0.29, 0.717) is 5.75 Å². The minimum absolute atomic E-state index is 0.0329. The molecule has 20 heavy (non-hydrogen) atoms. The fourth-order valence-corrected chi connectivity index (χ4v) is 2.92. The van der Waals surface area contributed by atoms with Crippen molar-refractivity contribution in [3.63, 3.8) is 0 Å². The first kappa shape index (κ1) is 15.2. The van der Waals surface area contributed by atoms with Crippen molar-refractivity contribution in [1.29, 1.82) is 0 Å². The summed E-state index contributed by atoms with van der Waals surface area (Å²) < 4.78 is 12.2. The van der Waals surface area contributed by atoms with E-state index >= 15 is 0 Å². The molecule has 0 aliphatic carbocycles. The number of hydrogen-bond acceptors (Lipinski definition) is 3. The normalized spacial score (nSPS) is 21.4. The molecule has 3 heteroatoms. The molecule has 0 saturated carbocycles. The van der Waals surface area contributed by atoms with Crippen molar-refractivity contribution in [1.82, 2.24) is 0 Å². The quantitative estimate of drug-likeness (QED) is 0.868. The summed E-state index contributed by atoms with van der Waals surface area (Å²) in [4.78, 5) is 0. The van der Waals surface area contributed by atoms with Crippen LogP contribution in [0.1, 0.15) is 67.9 Å². The Kier molecular flexibility index (Phi) is 4.59. The summed E-state index contributed by atoms with van der Waals surface area (Å²) in [5.74, 6) is 1.31. The van der Waals surface area contributed by atoms with E-state index in [4.69, 9.17) is 9.47 Å². The molecule has 0 fully saturated rings. The average molecular weight is 278 g/mol. The van der Waals surface area contributed by atoms with Gasteiger partial charge in [0, 0.05) is 17.5 Å². The molecule has 3 nitrogen and oxygen atoms in total. The van der Waals surface area contributed by atoms with E-state index in [1.54, 1.807) is 0 Å². The van der Waals surface area contributed by atoms with E-state index in [2.05, 4.69) is 13.8 Å². The summed E-state index contributed by atoms with van der Waals surface area (Å²) >= 11 is 0. The predicted molar refractivity (Wildman–Crippen MR) is 80.4 cm³/mol. The molecule has 0 aromatic heterocycles. The Labute approximate surface area is 121 Å². The molecule has 0 unspecified atom stereocenters. The van der Waals surface area contributed by atoms with Crippen molar-refractivity contribution >= 4 is 0 Å². The van der Waals surface area contributed by atoms with Crippen LogP contribution in [0.2, 0.25) is 0 Å². The Morgan fingerprint density at radius 3 is 2.20 bits per heavy atom. The summed E-state index contributed by atoms with van der Waals surface area (Å²) in [6, 6.07) is 0. The van der Waals surface area contributed by atoms with Crippen molar-refractivity contribution in [3.8, 4) is 11.5 Å². The minimum atomic E-state index is -0.161. The van der Waals surface area contributed by atoms with Gasteiger partial charge in [-0.25, -0.2) is 0 Å². The van der Waals surface area contributed by atoms with Gasteiger partial charge >= 0.3 is 0 Å². The van der Waals surface area contributed by atoms with Crippen LogP contribution in [0.5, 0.6) is 11.5 Å². The molecule has 1 heterocycles. The zero-order chi connectivity index (χ0) is 14.9. The van der Waals surface area contributed by atoms with Gasteiger partial charge in [-0.2, -0.15) is 0 Å². The smallest absolute Gasteiger partial charge is 0.200 e. The van der Waals surface area contributed by atoms with Crippen LogP contribution in [0, 0.1) is 20.8 Å². The third-order valence-corrected chi connectivity index (χ3v) is 4.22. The largest absolute Gasteiger partial charge is 0.507 e. The van der Waals surface area contributed by atoms with Gasteiger partial charge in [0.25, 0.3) is 0 Å². The summed E-state index contributed by atoms with van der Waals surface area (Å²) in [6.45, 7) is 10.2. The number of phenols is 1.